The number of ether oxygens (including phenoxy) is 1. The number of anilines is 1. The molecule has 0 unspecified atom stereocenters. The number of hydroxylamine groups is 1. The Morgan fingerprint density at radius 1 is 1.15 bits per heavy atom. The molecule has 0 saturated carbocycles. The fraction of sp³-hybridized carbons (Fsp3) is 0.111. The number of aromatic nitrogens is 1. The third-order valence-electron chi connectivity index (χ3n) is 6.17. The van der Waals surface area contributed by atoms with Crippen molar-refractivity contribution in [3.63, 3.8) is 0 Å². The van der Waals surface area contributed by atoms with Crippen LogP contribution < -0.4 is 16.0 Å². The number of benzene rings is 3. The minimum Gasteiger partial charge on any atom is -0.497 e. The number of nitro benzene ring substituents is 1. The highest BCUT2D eigenvalue weighted by molar-refractivity contribution is 7.91. The Bertz CT molecular complexity index is 1670. The third-order valence-corrected chi connectivity index (χ3v) is 8.14. The number of rotatable bonds is 8. The first-order chi connectivity index (χ1) is 18.6. The van der Waals surface area contributed by atoms with Crippen LogP contribution in [0.15, 0.2) is 82.8 Å². The lowest BCUT2D eigenvalue weighted by Gasteiger charge is -2.16. The molecule has 3 aromatic carbocycles. The van der Waals surface area contributed by atoms with Gasteiger partial charge >= 0.3 is 0 Å². The quantitative estimate of drug-likeness (QED) is 0.127. The average molecular weight is 549 g/mol. The Morgan fingerprint density at radius 3 is 2.46 bits per heavy atom. The van der Waals surface area contributed by atoms with Gasteiger partial charge in [0.2, 0.25) is 9.84 Å². The summed E-state index contributed by atoms with van der Waals surface area (Å²) in [5.41, 5.74) is 8.71. The van der Waals surface area contributed by atoms with Crippen molar-refractivity contribution in [2.24, 2.45) is 0 Å². The molecule has 4 N–H and O–H groups in total. The molecule has 0 aliphatic heterocycles. The zero-order valence-electron chi connectivity index (χ0n) is 20.9. The molecule has 0 saturated heterocycles. The molecule has 1 heterocycles. The van der Waals surface area contributed by atoms with E-state index in [1.54, 1.807) is 36.7 Å². The van der Waals surface area contributed by atoms with Gasteiger partial charge in [-0.3, -0.25) is 25.1 Å². The van der Waals surface area contributed by atoms with E-state index in [4.69, 9.17) is 10.5 Å². The van der Waals surface area contributed by atoms with Gasteiger partial charge in [-0.1, -0.05) is 18.2 Å². The highest BCUT2D eigenvalue weighted by Gasteiger charge is 2.29. The standard InChI is InChI=1S/C27H24N4O7S/c1-16-12-19(22-10-5-18(25(24(22)28)31(34)35)13-17-4-3-11-29-15-17)14-23(27(32)30-33)26(16)39(36,37)21-8-6-20(38-2)7-9-21/h3-12,14-15,33H,13,28H2,1-2H3,(H,30,32). The molecule has 200 valence electrons. The minimum atomic E-state index is -4.23. The van der Waals surface area contributed by atoms with Crippen LogP contribution in [-0.2, 0) is 16.3 Å². The molecule has 12 heteroatoms. The third kappa shape index (κ3) is 5.28. The Kier molecular flexibility index (Phi) is 7.61. The number of hydrogen-bond donors (Lipinski definition) is 3. The Labute approximate surface area is 223 Å². The first-order valence-electron chi connectivity index (χ1n) is 11.5. The van der Waals surface area contributed by atoms with Gasteiger partial charge in [-0.25, -0.2) is 13.9 Å². The van der Waals surface area contributed by atoms with Crippen molar-refractivity contribution in [2.45, 2.75) is 23.1 Å². The fourth-order valence-electron chi connectivity index (χ4n) is 4.37. The van der Waals surface area contributed by atoms with Crippen LogP contribution in [0.5, 0.6) is 5.75 Å². The number of nitro groups is 1. The number of nitrogens with zero attached hydrogens (tertiary/aromatic N) is 2. The van der Waals surface area contributed by atoms with Crippen molar-refractivity contribution in [3.8, 4) is 16.9 Å². The van der Waals surface area contributed by atoms with E-state index in [-0.39, 0.29) is 49.8 Å². The van der Waals surface area contributed by atoms with Crippen molar-refractivity contribution in [3.05, 3.63) is 105 Å². The van der Waals surface area contributed by atoms with Crippen LogP contribution in [0.1, 0.15) is 27.0 Å². The van der Waals surface area contributed by atoms with E-state index in [1.807, 2.05) is 0 Å². The number of carbonyl (C=O) groups excluding carboxylic acids is 1. The van der Waals surface area contributed by atoms with E-state index in [0.29, 0.717) is 11.3 Å². The van der Waals surface area contributed by atoms with Crippen LogP contribution in [0.25, 0.3) is 11.1 Å². The maximum absolute atomic E-state index is 13.6. The molecular weight excluding hydrogens is 524 g/mol. The fourth-order valence-corrected chi connectivity index (χ4v) is 6.03. The molecule has 0 bridgehead atoms. The summed E-state index contributed by atoms with van der Waals surface area (Å²) >= 11 is 0. The SMILES string of the molecule is COc1ccc(S(=O)(=O)c2c(C)cc(-c3ccc(Cc4cccnc4)c([N+](=O)[O-])c3N)cc2C(=O)NO)cc1. The number of aryl methyl sites for hydroxylation is 1. The molecule has 1 amide bonds. The van der Waals surface area contributed by atoms with Gasteiger partial charge in [0.1, 0.15) is 11.4 Å². The predicted octanol–water partition coefficient (Wildman–Crippen LogP) is 4.10. The van der Waals surface area contributed by atoms with Gasteiger partial charge in [-0.2, -0.15) is 0 Å². The van der Waals surface area contributed by atoms with Crippen LogP contribution in [-0.4, -0.2) is 36.5 Å². The first kappa shape index (κ1) is 27.2. The predicted molar refractivity (Wildman–Crippen MR) is 142 cm³/mol. The highest BCUT2D eigenvalue weighted by Crippen LogP contribution is 2.39. The molecule has 4 rings (SSSR count). The van der Waals surface area contributed by atoms with Gasteiger partial charge in [-0.05, 0) is 66.1 Å². The molecule has 4 aromatic rings. The number of sulfone groups is 1. The van der Waals surface area contributed by atoms with Gasteiger partial charge in [0.05, 0.1) is 27.4 Å². The normalized spacial score (nSPS) is 11.2. The molecule has 0 radical (unpaired) electrons. The van der Waals surface area contributed by atoms with Crippen molar-refractivity contribution < 1.29 is 28.1 Å². The van der Waals surface area contributed by atoms with E-state index in [1.165, 1.54) is 55.9 Å². The van der Waals surface area contributed by atoms with Crippen LogP contribution in [0.3, 0.4) is 0 Å². The van der Waals surface area contributed by atoms with Gasteiger partial charge in [0.15, 0.2) is 0 Å². The number of methoxy groups -OCH3 is 1. The summed E-state index contributed by atoms with van der Waals surface area (Å²) in [7, 11) is -2.78. The van der Waals surface area contributed by atoms with Gasteiger partial charge < -0.3 is 10.5 Å². The van der Waals surface area contributed by atoms with Crippen LogP contribution >= 0.6 is 0 Å². The number of nitrogen functional groups attached to an aromatic ring is 1. The first-order valence-corrected chi connectivity index (χ1v) is 13.0. The zero-order valence-corrected chi connectivity index (χ0v) is 21.7. The van der Waals surface area contributed by atoms with E-state index >= 15 is 0 Å². The summed E-state index contributed by atoms with van der Waals surface area (Å²) in [6, 6.07) is 14.9. The van der Waals surface area contributed by atoms with Crippen LogP contribution in [0, 0.1) is 17.0 Å². The van der Waals surface area contributed by atoms with Crippen molar-refractivity contribution in [1.29, 1.82) is 0 Å². The van der Waals surface area contributed by atoms with E-state index in [9.17, 15) is 28.5 Å². The summed E-state index contributed by atoms with van der Waals surface area (Å²) < 4.78 is 32.2. The zero-order chi connectivity index (χ0) is 28.3. The molecule has 0 aliphatic carbocycles. The lowest BCUT2D eigenvalue weighted by atomic mass is 9.94. The minimum absolute atomic E-state index is 0.0963. The van der Waals surface area contributed by atoms with Crippen LogP contribution in [0.4, 0.5) is 11.4 Å². The number of pyridine rings is 1. The molecule has 39 heavy (non-hydrogen) atoms. The lowest BCUT2D eigenvalue weighted by Crippen LogP contribution is -2.22. The van der Waals surface area contributed by atoms with Gasteiger partial charge in [-0.15, -0.1) is 0 Å². The molecular formula is C27H24N4O7S. The molecule has 0 fully saturated rings. The molecule has 0 spiro atoms. The number of amides is 1. The Morgan fingerprint density at radius 2 is 1.87 bits per heavy atom. The monoisotopic (exact) mass is 548 g/mol. The van der Waals surface area contributed by atoms with Crippen molar-refractivity contribution >= 4 is 27.1 Å². The topological polar surface area (TPSA) is 175 Å². The summed E-state index contributed by atoms with van der Waals surface area (Å²) in [4.78, 5) is 27.7. The second-order valence-corrected chi connectivity index (χ2v) is 10.5. The summed E-state index contributed by atoms with van der Waals surface area (Å²) in [6.07, 6.45) is 3.40. The molecule has 1 aromatic heterocycles. The van der Waals surface area contributed by atoms with Gasteiger partial charge in [0, 0.05) is 29.9 Å². The van der Waals surface area contributed by atoms with Crippen LogP contribution in [0.2, 0.25) is 0 Å². The molecule has 11 nitrogen and oxygen atoms in total. The number of carbonyl (C=O) groups is 1. The summed E-state index contributed by atoms with van der Waals surface area (Å²) in [5, 5.41) is 21.4. The maximum atomic E-state index is 13.6. The Hall–Kier alpha value is -4.81. The largest absolute Gasteiger partial charge is 0.497 e. The number of nitrogens with two attached hydrogens (primary N) is 1. The Balaban J connectivity index is 1.88. The lowest BCUT2D eigenvalue weighted by molar-refractivity contribution is -0.384. The second-order valence-electron chi connectivity index (χ2n) is 8.62. The van der Waals surface area contributed by atoms with Crippen molar-refractivity contribution in [2.75, 3.05) is 12.8 Å². The molecule has 0 atom stereocenters. The summed E-state index contributed by atoms with van der Waals surface area (Å²) in [5.74, 6) is -0.633. The van der Waals surface area contributed by atoms with E-state index in [2.05, 4.69) is 4.98 Å². The van der Waals surface area contributed by atoms with Gasteiger partial charge in [0.25, 0.3) is 11.6 Å². The highest BCUT2D eigenvalue weighted by atomic mass is 32.2. The van der Waals surface area contributed by atoms with Crippen molar-refractivity contribution in [1.82, 2.24) is 10.5 Å². The number of hydrogen-bond acceptors (Lipinski definition) is 9. The average Bonchev–Trinajstić information content (AvgIpc) is 2.92. The summed E-state index contributed by atoms with van der Waals surface area (Å²) in [6.45, 7) is 1.48. The van der Waals surface area contributed by atoms with E-state index < -0.39 is 20.7 Å². The maximum Gasteiger partial charge on any atom is 0.296 e. The number of nitrogens with one attached hydrogen (secondary N) is 1. The molecule has 0 aliphatic rings. The van der Waals surface area contributed by atoms with E-state index in [0.717, 1.165) is 5.56 Å². The smallest absolute Gasteiger partial charge is 0.296 e. The second kappa shape index (κ2) is 10.9.